The minimum atomic E-state index is -0.967. The van der Waals surface area contributed by atoms with E-state index >= 15 is 0 Å². The topological polar surface area (TPSA) is 35.5 Å². The first-order chi connectivity index (χ1) is 5.72. The minimum Gasteiger partial charge on any atom is -0.498 e. The molecule has 0 saturated carbocycles. The van der Waals surface area contributed by atoms with E-state index in [1.165, 1.54) is 0 Å². The molecule has 0 aliphatic rings. The van der Waals surface area contributed by atoms with Crippen LogP contribution in [0.3, 0.4) is 0 Å². The highest BCUT2D eigenvalue weighted by atomic mass is 19.1. The summed E-state index contributed by atoms with van der Waals surface area (Å²) in [5.41, 5.74) is 0. The zero-order chi connectivity index (χ0) is 9.40. The fourth-order valence-corrected chi connectivity index (χ4v) is 0.473. The van der Waals surface area contributed by atoms with E-state index in [1.54, 1.807) is 6.92 Å². The van der Waals surface area contributed by atoms with Crippen molar-refractivity contribution in [3.05, 3.63) is 24.7 Å². The smallest absolute Gasteiger partial charge is 0.366 e. The van der Waals surface area contributed by atoms with Crippen LogP contribution in [0.4, 0.5) is 4.39 Å². The summed E-state index contributed by atoms with van der Waals surface area (Å²) < 4.78 is 21.5. The molecule has 0 spiro atoms. The van der Waals surface area contributed by atoms with Crippen molar-refractivity contribution in [2.24, 2.45) is 0 Å². The van der Waals surface area contributed by atoms with Crippen LogP contribution in [-0.2, 0) is 14.3 Å². The predicted molar refractivity (Wildman–Crippen MR) is 42.0 cm³/mol. The molecule has 4 heteroatoms. The van der Waals surface area contributed by atoms with Gasteiger partial charge in [0.05, 0.1) is 12.9 Å². The molecule has 0 unspecified atom stereocenters. The molecule has 0 amide bonds. The summed E-state index contributed by atoms with van der Waals surface area (Å²) in [5.74, 6) is -1.91. The summed E-state index contributed by atoms with van der Waals surface area (Å²) in [6.45, 7) is 4.99. The van der Waals surface area contributed by atoms with Gasteiger partial charge in [0.2, 0.25) is 5.83 Å². The van der Waals surface area contributed by atoms with Crippen molar-refractivity contribution in [1.29, 1.82) is 0 Å². The zero-order valence-electron chi connectivity index (χ0n) is 6.88. The third-order valence-corrected chi connectivity index (χ3v) is 0.947. The molecule has 0 aromatic rings. The Morgan fingerprint density at radius 1 is 1.67 bits per heavy atom. The van der Waals surface area contributed by atoms with Crippen molar-refractivity contribution in [1.82, 2.24) is 0 Å². The van der Waals surface area contributed by atoms with Gasteiger partial charge in [0, 0.05) is 0 Å². The first-order valence-corrected chi connectivity index (χ1v) is 3.47. The molecule has 68 valence electrons. The van der Waals surface area contributed by atoms with E-state index < -0.39 is 11.8 Å². The Labute approximate surface area is 70.5 Å². The molecule has 3 nitrogen and oxygen atoms in total. The van der Waals surface area contributed by atoms with Gasteiger partial charge in [-0.1, -0.05) is 6.58 Å². The lowest BCUT2D eigenvalue weighted by Crippen LogP contribution is -2.04. The Bertz CT molecular complexity index is 187. The van der Waals surface area contributed by atoms with E-state index in [0.717, 1.165) is 12.3 Å². The molecule has 0 aromatic carbocycles. The maximum absolute atomic E-state index is 12.6. The van der Waals surface area contributed by atoms with E-state index in [0.29, 0.717) is 0 Å². The van der Waals surface area contributed by atoms with Gasteiger partial charge in [0.1, 0.15) is 6.61 Å². The van der Waals surface area contributed by atoms with Crippen molar-refractivity contribution in [2.75, 3.05) is 13.2 Å². The van der Waals surface area contributed by atoms with Crippen LogP contribution in [0.5, 0.6) is 0 Å². The van der Waals surface area contributed by atoms with Crippen LogP contribution in [0.2, 0.25) is 0 Å². The van der Waals surface area contributed by atoms with Gasteiger partial charge in [0.25, 0.3) is 0 Å². The molecule has 0 fully saturated rings. The second-order valence-corrected chi connectivity index (χ2v) is 1.77. The number of carbonyl (C=O) groups excluding carboxylic acids is 1. The summed E-state index contributed by atoms with van der Waals surface area (Å²) in [7, 11) is 0. The number of hydrogen-bond acceptors (Lipinski definition) is 3. The summed E-state index contributed by atoms with van der Waals surface area (Å²) in [4.78, 5) is 10.6. The SMILES string of the molecule is C=COC/C=C(\F)C(=O)OCC. The maximum Gasteiger partial charge on any atom is 0.366 e. The summed E-state index contributed by atoms with van der Waals surface area (Å²) in [5, 5.41) is 0. The number of rotatable bonds is 5. The minimum absolute atomic E-state index is 0.0197. The van der Waals surface area contributed by atoms with Crippen LogP contribution in [-0.4, -0.2) is 19.2 Å². The third kappa shape index (κ3) is 4.49. The van der Waals surface area contributed by atoms with Crippen molar-refractivity contribution in [2.45, 2.75) is 6.92 Å². The van der Waals surface area contributed by atoms with Gasteiger partial charge in [-0.3, -0.25) is 0 Å². The molecule has 12 heavy (non-hydrogen) atoms. The monoisotopic (exact) mass is 174 g/mol. The van der Waals surface area contributed by atoms with E-state index in [4.69, 9.17) is 0 Å². The molecule has 0 N–H and O–H groups in total. The van der Waals surface area contributed by atoms with E-state index in [1.807, 2.05) is 0 Å². The lowest BCUT2D eigenvalue weighted by Gasteiger charge is -1.98. The average Bonchev–Trinajstić information content (AvgIpc) is 2.05. The molecular formula is C8H11FO3. The molecular weight excluding hydrogens is 163 g/mol. The fraction of sp³-hybridized carbons (Fsp3) is 0.375. The molecule has 0 aromatic heterocycles. The molecule has 0 heterocycles. The van der Waals surface area contributed by atoms with Crippen LogP contribution in [0.15, 0.2) is 24.7 Å². The lowest BCUT2D eigenvalue weighted by atomic mass is 10.5. The zero-order valence-corrected chi connectivity index (χ0v) is 6.88. The predicted octanol–water partition coefficient (Wildman–Crippen LogP) is 1.56. The number of hydrogen-bond donors (Lipinski definition) is 0. The van der Waals surface area contributed by atoms with E-state index in [9.17, 15) is 9.18 Å². The van der Waals surface area contributed by atoms with E-state index in [-0.39, 0.29) is 13.2 Å². The largest absolute Gasteiger partial charge is 0.498 e. The molecule has 0 rings (SSSR count). The standard InChI is InChI=1S/C8H11FO3/c1-3-11-6-5-7(9)8(10)12-4-2/h3,5H,1,4,6H2,2H3/b7-5-. The second kappa shape index (κ2) is 6.39. The van der Waals surface area contributed by atoms with Crippen molar-refractivity contribution in [3.63, 3.8) is 0 Å². The highest BCUT2D eigenvalue weighted by Gasteiger charge is 2.07. The van der Waals surface area contributed by atoms with Gasteiger partial charge >= 0.3 is 5.97 Å². The average molecular weight is 174 g/mol. The molecule has 0 aliphatic carbocycles. The molecule has 0 saturated heterocycles. The Balaban J connectivity index is 3.81. The van der Waals surface area contributed by atoms with Crippen LogP contribution in [0, 0.1) is 0 Å². The number of carbonyl (C=O) groups is 1. The van der Waals surface area contributed by atoms with Gasteiger partial charge in [-0.25, -0.2) is 4.79 Å². The summed E-state index contributed by atoms with van der Waals surface area (Å²) in [6.07, 6.45) is 2.15. The lowest BCUT2D eigenvalue weighted by molar-refractivity contribution is -0.140. The Morgan fingerprint density at radius 3 is 2.83 bits per heavy atom. The highest BCUT2D eigenvalue weighted by molar-refractivity contribution is 5.85. The number of halogens is 1. The third-order valence-electron chi connectivity index (χ3n) is 0.947. The van der Waals surface area contributed by atoms with Gasteiger partial charge in [-0.2, -0.15) is 4.39 Å². The highest BCUT2D eigenvalue weighted by Crippen LogP contribution is 1.99. The Morgan fingerprint density at radius 2 is 2.33 bits per heavy atom. The molecule has 0 aliphatic heterocycles. The Hall–Kier alpha value is -1.32. The quantitative estimate of drug-likeness (QED) is 0.274. The van der Waals surface area contributed by atoms with Crippen molar-refractivity contribution < 1.29 is 18.7 Å². The van der Waals surface area contributed by atoms with Gasteiger partial charge in [-0.05, 0) is 13.0 Å². The first-order valence-electron chi connectivity index (χ1n) is 3.47. The van der Waals surface area contributed by atoms with Crippen LogP contribution < -0.4 is 0 Å². The normalized spacial score (nSPS) is 10.7. The molecule has 0 atom stereocenters. The van der Waals surface area contributed by atoms with Crippen molar-refractivity contribution >= 4 is 5.97 Å². The summed E-state index contributed by atoms with van der Waals surface area (Å²) in [6, 6.07) is 0. The first kappa shape index (κ1) is 10.7. The van der Waals surface area contributed by atoms with Crippen LogP contribution >= 0.6 is 0 Å². The summed E-state index contributed by atoms with van der Waals surface area (Å²) >= 11 is 0. The van der Waals surface area contributed by atoms with Gasteiger partial charge in [-0.15, -0.1) is 0 Å². The van der Waals surface area contributed by atoms with Crippen LogP contribution in [0.1, 0.15) is 6.92 Å². The van der Waals surface area contributed by atoms with Crippen molar-refractivity contribution in [3.8, 4) is 0 Å². The van der Waals surface area contributed by atoms with E-state index in [2.05, 4.69) is 16.1 Å². The van der Waals surface area contributed by atoms with Crippen LogP contribution in [0.25, 0.3) is 0 Å². The molecule has 0 bridgehead atoms. The maximum atomic E-state index is 12.6. The fourth-order valence-electron chi connectivity index (χ4n) is 0.473. The Kier molecular flexibility index (Phi) is 5.69. The van der Waals surface area contributed by atoms with Gasteiger partial charge < -0.3 is 9.47 Å². The number of esters is 1. The second-order valence-electron chi connectivity index (χ2n) is 1.77. The number of ether oxygens (including phenoxy) is 2. The van der Waals surface area contributed by atoms with Gasteiger partial charge in [0.15, 0.2) is 0 Å². The molecule has 0 radical (unpaired) electrons.